The van der Waals surface area contributed by atoms with Gasteiger partial charge in [0, 0.05) is 17.6 Å². The molecular weight excluding hydrogens is 208 g/mol. The number of rotatable bonds is 3. The second-order valence-corrected chi connectivity index (χ2v) is 4.53. The van der Waals surface area contributed by atoms with E-state index in [2.05, 4.69) is 5.10 Å². The van der Waals surface area contributed by atoms with Crippen molar-refractivity contribution in [3.05, 3.63) is 40.3 Å². The quantitative estimate of drug-likeness (QED) is 0.864. The van der Waals surface area contributed by atoms with Crippen molar-refractivity contribution in [3.63, 3.8) is 0 Å². The van der Waals surface area contributed by atoms with Crippen molar-refractivity contribution in [1.29, 1.82) is 0 Å². The lowest BCUT2D eigenvalue weighted by Gasteiger charge is -2.22. The van der Waals surface area contributed by atoms with Gasteiger partial charge in [0.05, 0.1) is 5.69 Å². The number of hydrogen-bond acceptors (Lipinski definition) is 3. The minimum atomic E-state index is -0.944. The van der Waals surface area contributed by atoms with E-state index in [-0.39, 0.29) is 0 Å². The van der Waals surface area contributed by atoms with Crippen LogP contribution >= 0.6 is 11.3 Å². The van der Waals surface area contributed by atoms with E-state index in [9.17, 15) is 5.11 Å². The Morgan fingerprint density at radius 2 is 2.33 bits per heavy atom. The van der Waals surface area contributed by atoms with E-state index < -0.39 is 5.60 Å². The fourth-order valence-electron chi connectivity index (χ4n) is 1.68. The molecule has 0 saturated heterocycles. The summed E-state index contributed by atoms with van der Waals surface area (Å²) in [4.78, 5) is 0.942. The molecule has 0 aliphatic rings. The molecule has 4 heteroatoms. The van der Waals surface area contributed by atoms with Gasteiger partial charge >= 0.3 is 0 Å². The van der Waals surface area contributed by atoms with E-state index in [1.807, 2.05) is 42.1 Å². The predicted octanol–water partition coefficient (Wildman–Crippen LogP) is 2.22. The molecule has 0 saturated carbocycles. The highest BCUT2D eigenvalue weighted by atomic mass is 32.1. The van der Waals surface area contributed by atoms with Gasteiger partial charge in [-0.05, 0) is 31.4 Å². The SMILES string of the molecule is CCn1nccc1C(C)(O)c1cccs1. The highest BCUT2D eigenvalue weighted by Crippen LogP contribution is 2.31. The van der Waals surface area contributed by atoms with Crippen LogP contribution in [-0.2, 0) is 12.1 Å². The Balaban J connectivity index is 2.46. The Bertz CT molecular complexity index is 431. The molecule has 15 heavy (non-hydrogen) atoms. The second-order valence-electron chi connectivity index (χ2n) is 3.58. The van der Waals surface area contributed by atoms with Crippen LogP contribution in [-0.4, -0.2) is 14.9 Å². The molecule has 0 amide bonds. The summed E-state index contributed by atoms with van der Waals surface area (Å²) in [6.07, 6.45) is 1.72. The van der Waals surface area contributed by atoms with Gasteiger partial charge in [0.25, 0.3) is 0 Å². The molecule has 0 aliphatic carbocycles. The monoisotopic (exact) mass is 222 g/mol. The first-order valence-corrected chi connectivity index (χ1v) is 5.83. The Labute approximate surface area is 93.0 Å². The molecule has 0 aromatic carbocycles. The highest BCUT2D eigenvalue weighted by Gasteiger charge is 2.29. The molecule has 2 rings (SSSR count). The van der Waals surface area contributed by atoms with E-state index in [1.54, 1.807) is 17.5 Å². The topological polar surface area (TPSA) is 38.0 Å². The molecule has 1 atom stereocenters. The van der Waals surface area contributed by atoms with Crippen LogP contribution in [0.15, 0.2) is 29.8 Å². The Morgan fingerprint density at radius 3 is 2.93 bits per heavy atom. The van der Waals surface area contributed by atoms with Gasteiger partial charge in [-0.25, -0.2) is 0 Å². The number of aliphatic hydroxyl groups is 1. The van der Waals surface area contributed by atoms with Crippen LogP contribution in [0.4, 0.5) is 0 Å². The van der Waals surface area contributed by atoms with Crippen molar-refractivity contribution >= 4 is 11.3 Å². The normalized spacial score (nSPS) is 15.1. The first kappa shape index (κ1) is 10.4. The molecule has 0 aliphatic heterocycles. The van der Waals surface area contributed by atoms with E-state index in [1.165, 1.54) is 0 Å². The maximum absolute atomic E-state index is 10.5. The van der Waals surface area contributed by atoms with E-state index >= 15 is 0 Å². The third-order valence-electron chi connectivity index (χ3n) is 2.52. The van der Waals surface area contributed by atoms with Gasteiger partial charge in [0.1, 0.15) is 5.60 Å². The number of nitrogens with zero attached hydrogens (tertiary/aromatic N) is 2. The smallest absolute Gasteiger partial charge is 0.137 e. The van der Waals surface area contributed by atoms with Crippen LogP contribution in [0.1, 0.15) is 24.4 Å². The van der Waals surface area contributed by atoms with Crippen LogP contribution in [0.5, 0.6) is 0 Å². The lowest BCUT2D eigenvalue weighted by Crippen LogP contribution is -2.25. The standard InChI is InChI=1S/C11H14N2OS/c1-3-13-9(6-7-12-13)11(2,14)10-5-4-8-15-10/h4-8,14H,3H2,1-2H3. The zero-order valence-corrected chi connectivity index (χ0v) is 9.66. The van der Waals surface area contributed by atoms with Gasteiger partial charge in [-0.2, -0.15) is 5.10 Å². The Hall–Kier alpha value is -1.13. The van der Waals surface area contributed by atoms with E-state index in [4.69, 9.17) is 0 Å². The minimum absolute atomic E-state index is 0.768. The molecule has 1 unspecified atom stereocenters. The average molecular weight is 222 g/mol. The molecule has 1 N–H and O–H groups in total. The van der Waals surface area contributed by atoms with Crippen molar-refractivity contribution in [1.82, 2.24) is 9.78 Å². The van der Waals surface area contributed by atoms with Crippen molar-refractivity contribution in [2.75, 3.05) is 0 Å². The van der Waals surface area contributed by atoms with Crippen LogP contribution in [0.3, 0.4) is 0 Å². The second kappa shape index (κ2) is 3.79. The minimum Gasteiger partial charge on any atom is -0.378 e. The van der Waals surface area contributed by atoms with Crippen molar-refractivity contribution in [3.8, 4) is 0 Å². The average Bonchev–Trinajstić information content (AvgIpc) is 2.89. The summed E-state index contributed by atoms with van der Waals surface area (Å²) in [6, 6.07) is 5.75. The molecule has 0 spiro atoms. The molecule has 0 fully saturated rings. The van der Waals surface area contributed by atoms with Gasteiger partial charge in [-0.15, -0.1) is 11.3 Å². The van der Waals surface area contributed by atoms with Crippen LogP contribution < -0.4 is 0 Å². The van der Waals surface area contributed by atoms with Crippen LogP contribution in [0.2, 0.25) is 0 Å². The highest BCUT2D eigenvalue weighted by molar-refractivity contribution is 7.10. The summed E-state index contributed by atoms with van der Waals surface area (Å²) < 4.78 is 1.82. The van der Waals surface area contributed by atoms with Gasteiger partial charge in [-0.1, -0.05) is 6.07 Å². The summed E-state index contributed by atoms with van der Waals surface area (Å²) in [5, 5.41) is 16.6. The Morgan fingerprint density at radius 1 is 1.53 bits per heavy atom. The molecular formula is C11H14N2OS. The van der Waals surface area contributed by atoms with Crippen molar-refractivity contribution in [2.24, 2.45) is 0 Å². The third-order valence-corrected chi connectivity index (χ3v) is 3.60. The van der Waals surface area contributed by atoms with Crippen molar-refractivity contribution in [2.45, 2.75) is 26.0 Å². The van der Waals surface area contributed by atoms with Gasteiger partial charge in [0.2, 0.25) is 0 Å². The first-order valence-electron chi connectivity index (χ1n) is 4.95. The molecule has 80 valence electrons. The zero-order valence-electron chi connectivity index (χ0n) is 8.84. The molecule has 2 aromatic rings. The summed E-state index contributed by atoms with van der Waals surface area (Å²) in [7, 11) is 0. The molecule has 0 radical (unpaired) electrons. The Kier molecular flexibility index (Phi) is 2.63. The third kappa shape index (κ3) is 1.70. The molecule has 0 bridgehead atoms. The lowest BCUT2D eigenvalue weighted by atomic mass is 10.0. The van der Waals surface area contributed by atoms with Crippen LogP contribution in [0.25, 0.3) is 0 Å². The predicted molar refractivity (Wildman–Crippen MR) is 60.9 cm³/mol. The number of thiophene rings is 1. The zero-order chi connectivity index (χ0) is 10.9. The van der Waals surface area contributed by atoms with Gasteiger partial charge in [-0.3, -0.25) is 4.68 Å². The maximum atomic E-state index is 10.5. The van der Waals surface area contributed by atoms with E-state index in [0.717, 1.165) is 17.1 Å². The summed E-state index contributed by atoms with van der Waals surface area (Å²) in [6.45, 7) is 4.59. The first-order chi connectivity index (χ1) is 7.16. The lowest BCUT2D eigenvalue weighted by molar-refractivity contribution is 0.0956. The number of hydrogen-bond donors (Lipinski definition) is 1. The fourth-order valence-corrected chi connectivity index (χ4v) is 2.47. The summed E-state index contributed by atoms with van der Waals surface area (Å²) in [5.41, 5.74) is -0.104. The largest absolute Gasteiger partial charge is 0.378 e. The fraction of sp³-hybridized carbons (Fsp3) is 0.364. The summed E-state index contributed by atoms with van der Waals surface area (Å²) in [5.74, 6) is 0. The van der Waals surface area contributed by atoms with Gasteiger partial charge < -0.3 is 5.11 Å². The molecule has 2 aromatic heterocycles. The van der Waals surface area contributed by atoms with Crippen molar-refractivity contribution < 1.29 is 5.11 Å². The maximum Gasteiger partial charge on any atom is 0.137 e. The summed E-state index contributed by atoms with van der Waals surface area (Å²) >= 11 is 1.56. The molecule has 2 heterocycles. The van der Waals surface area contributed by atoms with E-state index in [0.29, 0.717) is 0 Å². The number of aryl methyl sites for hydroxylation is 1. The van der Waals surface area contributed by atoms with Crippen LogP contribution in [0, 0.1) is 0 Å². The number of aromatic nitrogens is 2. The molecule has 3 nitrogen and oxygen atoms in total. The van der Waals surface area contributed by atoms with Gasteiger partial charge in [0.15, 0.2) is 0 Å².